The first-order valence-electron chi connectivity index (χ1n) is 11.8. The number of nitrogens with zero attached hydrogens (tertiary/aromatic N) is 5. The van der Waals surface area contributed by atoms with E-state index in [2.05, 4.69) is 27.5 Å². The molecule has 8 nitrogen and oxygen atoms in total. The minimum atomic E-state index is -0.924. The molecule has 0 radical (unpaired) electrons. The molecule has 2 aromatic heterocycles. The van der Waals surface area contributed by atoms with Crippen molar-refractivity contribution in [2.45, 2.75) is 52.6 Å². The lowest BCUT2D eigenvalue weighted by Gasteiger charge is -2.40. The summed E-state index contributed by atoms with van der Waals surface area (Å²) in [6.45, 7) is 6.30. The molecule has 1 fully saturated rings. The van der Waals surface area contributed by atoms with E-state index in [0.717, 1.165) is 43.3 Å². The third-order valence-corrected chi connectivity index (χ3v) is 6.69. The van der Waals surface area contributed by atoms with Crippen LogP contribution in [0.4, 0.5) is 4.79 Å². The molecule has 3 aromatic rings. The van der Waals surface area contributed by atoms with E-state index in [1.54, 1.807) is 12.3 Å². The molecule has 1 aliphatic rings. The van der Waals surface area contributed by atoms with E-state index in [1.165, 1.54) is 4.90 Å². The van der Waals surface area contributed by atoms with Gasteiger partial charge in [0, 0.05) is 13.1 Å². The molecule has 178 valence electrons. The van der Waals surface area contributed by atoms with E-state index in [9.17, 15) is 15.2 Å². The summed E-state index contributed by atoms with van der Waals surface area (Å²) in [6, 6.07) is 11.4. The highest BCUT2D eigenvalue weighted by Gasteiger charge is 2.34. The van der Waals surface area contributed by atoms with Gasteiger partial charge < -0.3 is 19.3 Å². The van der Waals surface area contributed by atoms with E-state index >= 15 is 0 Å². The maximum atomic E-state index is 12.0. The Kier molecular flexibility index (Phi) is 7.01. The standard InChI is InChI=1S/C26H31N5O3/c1-3-34-22-8-7-21(28-14-22)16-30(25(32)33)15-20-5-4-10-26(2,12-20)17-31-18-29-23-9-6-19(13-27)11-24(23)31/h6-9,11,14,18,20H,3-5,10,12,15-17H2,1-2H3,(H,32,33)/t20?,26-/m0/s1. The molecule has 0 spiro atoms. The van der Waals surface area contributed by atoms with E-state index in [-0.39, 0.29) is 17.9 Å². The van der Waals surface area contributed by atoms with Gasteiger partial charge in [0.25, 0.3) is 0 Å². The molecule has 1 saturated carbocycles. The zero-order valence-corrected chi connectivity index (χ0v) is 19.8. The Hall–Kier alpha value is -3.60. The minimum absolute atomic E-state index is 0.0285. The molecule has 8 heteroatoms. The highest BCUT2D eigenvalue weighted by atomic mass is 16.5. The number of benzene rings is 1. The van der Waals surface area contributed by atoms with Crippen molar-refractivity contribution in [3.05, 3.63) is 54.1 Å². The number of carboxylic acid groups (broad SMARTS) is 1. The highest BCUT2D eigenvalue weighted by Crippen LogP contribution is 2.41. The molecule has 34 heavy (non-hydrogen) atoms. The summed E-state index contributed by atoms with van der Waals surface area (Å²) >= 11 is 0. The van der Waals surface area contributed by atoms with Gasteiger partial charge in [-0.25, -0.2) is 9.78 Å². The maximum absolute atomic E-state index is 12.0. The predicted molar refractivity (Wildman–Crippen MR) is 128 cm³/mol. The Bertz CT molecular complexity index is 1180. The fourth-order valence-corrected chi connectivity index (χ4v) is 5.16. The second-order valence-corrected chi connectivity index (χ2v) is 9.54. The summed E-state index contributed by atoms with van der Waals surface area (Å²) in [5.41, 5.74) is 3.22. The molecule has 0 aliphatic heterocycles. The number of aromatic nitrogens is 3. The van der Waals surface area contributed by atoms with Gasteiger partial charge in [-0.2, -0.15) is 5.26 Å². The van der Waals surface area contributed by atoms with Gasteiger partial charge in [-0.3, -0.25) is 4.98 Å². The van der Waals surface area contributed by atoms with Gasteiger partial charge in [0.05, 0.1) is 54.0 Å². The number of carbonyl (C=O) groups is 1. The van der Waals surface area contributed by atoms with Gasteiger partial charge in [-0.15, -0.1) is 0 Å². The van der Waals surface area contributed by atoms with Crippen molar-refractivity contribution in [3.63, 3.8) is 0 Å². The first kappa shape index (κ1) is 23.6. The first-order valence-corrected chi connectivity index (χ1v) is 11.8. The van der Waals surface area contributed by atoms with E-state index in [1.807, 2.05) is 37.5 Å². The zero-order valence-electron chi connectivity index (χ0n) is 19.8. The number of pyridine rings is 1. The van der Waals surface area contributed by atoms with Gasteiger partial charge in [0.2, 0.25) is 0 Å². The lowest BCUT2D eigenvalue weighted by atomic mass is 9.70. The van der Waals surface area contributed by atoms with Crippen LogP contribution in [0.5, 0.6) is 5.75 Å². The molecule has 0 bridgehead atoms. The molecule has 1 N–H and O–H groups in total. The number of amides is 1. The Morgan fingerprint density at radius 3 is 2.91 bits per heavy atom. The number of rotatable bonds is 8. The van der Waals surface area contributed by atoms with Gasteiger partial charge in [0.15, 0.2) is 0 Å². The summed E-state index contributed by atoms with van der Waals surface area (Å²) in [6.07, 6.45) is 6.66. The van der Waals surface area contributed by atoms with E-state index in [4.69, 9.17) is 4.74 Å². The molecule has 0 saturated heterocycles. The Balaban J connectivity index is 1.43. The Labute approximate surface area is 199 Å². The Morgan fingerprint density at radius 2 is 2.21 bits per heavy atom. The summed E-state index contributed by atoms with van der Waals surface area (Å²) < 4.78 is 7.56. The molecular formula is C26H31N5O3. The Morgan fingerprint density at radius 1 is 1.35 bits per heavy atom. The van der Waals surface area contributed by atoms with Crippen LogP contribution >= 0.6 is 0 Å². The van der Waals surface area contributed by atoms with Crippen LogP contribution in [0.15, 0.2) is 42.9 Å². The van der Waals surface area contributed by atoms with Crippen LogP contribution in [0.3, 0.4) is 0 Å². The molecule has 1 aliphatic carbocycles. The van der Waals surface area contributed by atoms with Crippen LogP contribution in [-0.2, 0) is 13.1 Å². The van der Waals surface area contributed by atoms with Crippen LogP contribution < -0.4 is 4.74 Å². The summed E-state index contributed by atoms with van der Waals surface area (Å²) in [7, 11) is 0. The predicted octanol–water partition coefficient (Wildman–Crippen LogP) is 5.08. The van der Waals surface area contributed by atoms with Crippen molar-refractivity contribution in [1.82, 2.24) is 19.4 Å². The highest BCUT2D eigenvalue weighted by molar-refractivity contribution is 5.77. The maximum Gasteiger partial charge on any atom is 0.407 e. The summed E-state index contributed by atoms with van der Waals surface area (Å²) in [5.74, 6) is 0.965. The number of hydrogen-bond acceptors (Lipinski definition) is 5. The van der Waals surface area contributed by atoms with Crippen LogP contribution in [0, 0.1) is 22.7 Å². The number of imidazole rings is 1. The van der Waals surface area contributed by atoms with Crippen molar-refractivity contribution in [2.24, 2.45) is 11.3 Å². The quantitative estimate of drug-likeness (QED) is 0.502. The van der Waals surface area contributed by atoms with Crippen LogP contribution in [-0.4, -0.2) is 43.8 Å². The average molecular weight is 462 g/mol. The second kappa shape index (κ2) is 10.1. The van der Waals surface area contributed by atoms with Crippen LogP contribution in [0.1, 0.15) is 50.8 Å². The fourth-order valence-electron chi connectivity index (χ4n) is 5.16. The molecule has 2 atom stereocenters. The summed E-state index contributed by atoms with van der Waals surface area (Å²) in [4.78, 5) is 22.4. The topological polar surface area (TPSA) is 104 Å². The first-order chi connectivity index (χ1) is 16.4. The molecule has 1 amide bonds. The third kappa shape index (κ3) is 5.48. The lowest BCUT2D eigenvalue weighted by molar-refractivity contribution is 0.0921. The van der Waals surface area contributed by atoms with Gasteiger partial charge >= 0.3 is 6.09 Å². The second-order valence-electron chi connectivity index (χ2n) is 9.54. The molecule has 2 heterocycles. The van der Waals surface area contributed by atoms with Gasteiger partial charge in [-0.1, -0.05) is 13.3 Å². The van der Waals surface area contributed by atoms with Gasteiger partial charge in [0.1, 0.15) is 5.75 Å². The molecule has 1 unspecified atom stereocenters. The minimum Gasteiger partial charge on any atom is -0.492 e. The van der Waals surface area contributed by atoms with Crippen molar-refractivity contribution < 1.29 is 14.6 Å². The van der Waals surface area contributed by atoms with Gasteiger partial charge in [-0.05, 0) is 67.9 Å². The normalized spacial score (nSPS) is 20.1. The SMILES string of the molecule is CCOc1ccc(CN(CC2CCC[C@](C)(Cn3cnc4ccc(C#N)cc43)C2)C(=O)O)nc1. The average Bonchev–Trinajstić information content (AvgIpc) is 3.21. The van der Waals surface area contributed by atoms with E-state index < -0.39 is 6.09 Å². The number of nitriles is 1. The van der Waals surface area contributed by atoms with Crippen molar-refractivity contribution in [2.75, 3.05) is 13.2 Å². The number of ether oxygens (including phenoxy) is 1. The zero-order chi connectivity index (χ0) is 24.1. The fraction of sp³-hybridized carbons (Fsp3) is 0.462. The number of fused-ring (bicyclic) bond motifs is 1. The third-order valence-electron chi connectivity index (χ3n) is 6.69. The van der Waals surface area contributed by atoms with E-state index in [0.29, 0.717) is 30.2 Å². The molecule has 4 rings (SSSR count). The molecular weight excluding hydrogens is 430 g/mol. The van der Waals surface area contributed by atoms with Crippen molar-refractivity contribution >= 4 is 17.1 Å². The lowest BCUT2D eigenvalue weighted by Crippen LogP contribution is -2.38. The molecule has 1 aromatic carbocycles. The van der Waals surface area contributed by atoms with Crippen molar-refractivity contribution in [3.8, 4) is 11.8 Å². The van der Waals surface area contributed by atoms with Crippen molar-refractivity contribution in [1.29, 1.82) is 5.26 Å². The largest absolute Gasteiger partial charge is 0.492 e. The summed E-state index contributed by atoms with van der Waals surface area (Å²) in [5, 5.41) is 19.1. The number of hydrogen-bond donors (Lipinski definition) is 1. The van der Waals surface area contributed by atoms with Crippen LogP contribution in [0.2, 0.25) is 0 Å². The monoisotopic (exact) mass is 461 g/mol. The smallest absolute Gasteiger partial charge is 0.407 e. The van der Waals surface area contributed by atoms with Crippen LogP contribution in [0.25, 0.3) is 11.0 Å².